The van der Waals surface area contributed by atoms with Gasteiger partial charge in [-0.25, -0.2) is 0 Å². The zero-order valence-electron chi connectivity index (χ0n) is 12.5. The first kappa shape index (κ1) is 17.0. The number of halogens is 1. The molecule has 2 aromatic rings. The topological polar surface area (TPSA) is 59.0 Å². The minimum absolute atomic E-state index is 0. The molecule has 114 valence electrons. The molecule has 21 heavy (non-hydrogen) atoms. The Hall–Kier alpha value is -2.01. The zero-order valence-corrected chi connectivity index (χ0v) is 13.3. The SMILES string of the molecule is CC(C)c1nn(C)cc1NC(=O)CNc1ccccc1.Cl. The summed E-state index contributed by atoms with van der Waals surface area (Å²) in [7, 11) is 1.85. The molecule has 0 bridgehead atoms. The number of nitrogens with one attached hydrogen (secondary N) is 2. The molecule has 2 N–H and O–H groups in total. The number of nitrogens with zero attached hydrogens (tertiary/aromatic N) is 2. The predicted molar refractivity (Wildman–Crippen MR) is 88.1 cm³/mol. The van der Waals surface area contributed by atoms with Crippen molar-refractivity contribution in [3.63, 3.8) is 0 Å². The molecule has 0 saturated carbocycles. The van der Waals surface area contributed by atoms with E-state index >= 15 is 0 Å². The summed E-state index contributed by atoms with van der Waals surface area (Å²) in [6, 6.07) is 9.65. The van der Waals surface area contributed by atoms with E-state index in [-0.39, 0.29) is 30.8 Å². The summed E-state index contributed by atoms with van der Waals surface area (Å²) in [5.74, 6) is 0.192. The average Bonchev–Trinajstić information content (AvgIpc) is 2.79. The number of hydrogen-bond acceptors (Lipinski definition) is 3. The fraction of sp³-hybridized carbons (Fsp3) is 0.333. The predicted octanol–water partition coefficient (Wildman–Crippen LogP) is 3.02. The highest BCUT2D eigenvalue weighted by atomic mass is 35.5. The first-order chi connectivity index (χ1) is 9.56. The van der Waals surface area contributed by atoms with E-state index in [0.29, 0.717) is 0 Å². The second kappa shape index (κ2) is 7.69. The lowest BCUT2D eigenvalue weighted by Gasteiger charge is -2.08. The van der Waals surface area contributed by atoms with Crippen molar-refractivity contribution in [2.24, 2.45) is 7.05 Å². The van der Waals surface area contributed by atoms with Crippen LogP contribution < -0.4 is 10.6 Å². The monoisotopic (exact) mass is 308 g/mol. The zero-order chi connectivity index (χ0) is 14.5. The second-order valence-corrected chi connectivity index (χ2v) is 5.02. The van der Waals surface area contributed by atoms with Gasteiger partial charge < -0.3 is 10.6 Å². The van der Waals surface area contributed by atoms with Crippen LogP contribution in [0.3, 0.4) is 0 Å². The number of aromatic nitrogens is 2. The number of benzene rings is 1. The van der Waals surface area contributed by atoms with E-state index in [0.717, 1.165) is 17.1 Å². The third-order valence-corrected chi connectivity index (χ3v) is 2.91. The minimum atomic E-state index is -0.0799. The highest BCUT2D eigenvalue weighted by Gasteiger charge is 2.13. The van der Waals surface area contributed by atoms with Gasteiger partial charge in [-0.3, -0.25) is 9.48 Å². The molecule has 0 aliphatic carbocycles. The van der Waals surface area contributed by atoms with Crippen LogP contribution in [0.2, 0.25) is 0 Å². The summed E-state index contributed by atoms with van der Waals surface area (Å²) in [5, 5.41) is 10.3. The van der Waals surface area contributed by atoms with E-state index in [1.807, 2.05) is 43.6 Å². The first-order valence-electron chi connectivity index (χ1n) is 6.68. The summed E-state index contributed by atoms with van der Waals surface area (Å²) in [6.07, 6.45) is 1.83. The summed E-state index contributed by atoms with van der Waals surface area (Å²) < 4.78 is 1.72. The van der Waals surface area contributed by atoms with Gasteiger partial charge in [-0.1, -0.05) is 32.0 Å². The average molecular weight is 309 g/mol. The van der Waals surface area contributed by atoms with E-state index < -0.39 is 0 Å². The molecule has 0 aliphatic rings. The van der Waals surface area contributed by atoms with E-state index in [9.17, 15) is 4.79 Å². The molecule has 0 unspecified atom stereocenters. The molecule has 2 rings (SSSR count). The maximum atomic E-state index is 12.0. The number of anilines is 2. The minimum Gasteiger partial charge on any atom is -0.376 e. The fourth-order valence-corrected chi connectivity index (χ4v) is 1.96. The molecule has 6 heteroatoms. The van der Waals surface area contributed by atoms with Crippen molar-refractivity contribution >= 4 is 29.7 Å². The van der Waals surface area contributed by atoms with Crippen LogP contribution in [0.4, 0.5) is 11.4 Å². The van der Waals surface area contributed by atoms with Crippen LogP contribution in [0.15, 0.2) is 36.5 Å². The summed E-state index contributed by atoms with van der Waals surface area (Å²) >= 11 is 0. The van der Waals surface area contributed by atoms with E-state index in [1.54, 1.807) is 4.68 Å². The van der Waals surface area contributed by atoms with Gasteiger partial charge in [0, 0.05) is 18.9 Å². The van der Waals surface area contributed by atoms with Crippen LogP contribution in [0.5, 0.6) is 0 Å². The Labute approximate surface area is 131 Å². The van der Waals surface area contributed by atoms with Crippen LogP contribution in [-0.4, -0.2) is 22.2 Å². The smallest absolute Gasteiger partial charge is 0.243 e. The number of carbonyl (C=O) groups excluding carboxylic acids is 1. The quantitative estimate of drug-likeness (QED) is 0.892. The standard InChI is InChI=1S/C15H20N4O.ClH/c1-11(2)15-13(10-19(3)18-15)17-14(20)9-16-12-7-5-4-6-8-12;/h4-8,10-11,16H,9H2,1-3H3,(H,17,20);1H. The van der Waals surface area contributed by atoms with Crippen molar-refractivity contribution in [2.75, 3.05) is 17.2 Å². The normalized spacial score (nSPS) is 10.1. The lowest BCUT2D eigenvalue weighted by atomic mass is 10.1. The molecule has 1 amide bonds. The summed E-state index contributed by atoms with van der Waals surface area (Å²) in [6.45, 7) is 4.34. The van der Waals surface area contributed by atoms with Gasteiger partial charge >= 0.3 is 0 Å². The highest BCUT2D eigenvalue weighted by molar-refractivity contribution is 5.94. The Morgan fingerprint density at radius 3 is 2.57 bits per heavy atom. The Kier molecular flexibility index (Phi) is 6.24. The molecule has 0 spiro atoms. The Morgan fingerprint density at radius 2 is 1.95 bits per heavy atom. The molecule has 0 atom stereocenters. The van der Waals surface area contributed by atoms with Gasteiger partial charge in [0.25, 0.3) is 0 Å². The molecule has 0 radical (unpaired) electrons. The van der Waals surface area contributed by atoms with Gasteiger partial charge in [0.05, 0.1) is 17.9 Å². The van der Waals surface area contributed by atoms with Crippen molar-refractivity contribution < 1.29 is 4.79 Å². The largest absolute Gasteiger partial charge is 0.376 e. The van der Waals surface area contributed by atoms with E-state index in [1.165, 1.54) is 0 Å². The van der Waals surface area contributed by atoms with Crippen LogP contribution in [-0.2, 0) is 11.8 Å². The molecular weight excluding hydrogens is 288 g/mol. The Balaban J connectivity index is 0.00000220. The number of amides is 1. The van der Waals surface area contributed by atoms with E-state index in [4.69, 9.17) is 0 Å². The Morgan fingerprint density at radius 1 is 1.29 bits per heavy atom. The number of carbonyl (C=O) groups is 1. The molecular formula is C15H21ClN4O. The maximum absolute atomic E-state index is 12.0. The lowest BCUT2D eigenvalue weighted by Crippen LogP contribution is -2.22. The van der Waals surface area contributed by atoms with Crippen molar-refractivity contribution in [3.8, 4) is 0 Å². The summed E-state index contributed by atoms with van der Waals surface area (Å²) in [5.41, 5.74) is 2.61. The van der Waals surface area contributed by atoms with Crippen LogP contribution in [0.1, 0.15) is 25.5 Å². The molecule has 0 saturated heterocycles. The molecule has 0 aliphatic heterocycles. The van der Waals surface area contributed by atoms with Gasteiger partial charge in [0.1, 0.15) is 0 Å². The molecule has 1 heterocycles. The van der Waals surface area contributed by atoms with E-state index in [2.05, 4.69) is 29.6 Å². The molecule has 1 aromatic carbocycles. The molecule has 5 nitrogen and oxygen atoms in total. The van der Waals surface area contributed by atoms with Gasteiger partial charge in [0.15, 0.2) is 0 Å². The highest BCUT2D eigenvalue weighted by Crippen LogP contribution is 2.21. The van der Waals surface area contributed by atoms with Crippen molar-refractivity contribution in [3.05, 3.63) is 42.2 Å². The number of aryl methyl sites for hydroxylation is 1. The first-order valence-corrected chi connectivity index (χ1v) is 6.68. The molecule has 0 fully saturated rings. The number of para-hydroxylation sites is 1. The van der Waals surface area contributed by atoms with Gasteiger partial charge in [-0.15, -0.1) is 12.4 Å². The number of hydrogen-bond donors (Lipinski definition) is 2. The van der Waals surface area contributed by atoms with Gasteiger partial charge in [0.2, 0.25) is 5.91 Å². The fourth-order valence-electron chi connectivity index (χ4n) is 1.96. The van der Waals surface area contributed by atoms with Gasteiger partial charge in [-0.2, -0.15) is 5.10 Å². The molecule has 1 aromatic heterocycles. The van der Waals surface area contributed by atoms with Crippen molar-refractivity contribution in [1.82, 2.24) is 9.78 Å². The Bertz CT molecular complexity index is 581. The van der Waals surface area contributed by atoms with Crippen molar-refractivity contribution in [1.29, 1.82) is 0 Å². The van der Waals surface area contributed by atoms with Gasteiger partial charge in [-0.05, 0) is 18.1 Å². The lowest BCUT2D eigenvalue weighted by molar-refractivity contribution is -0.114. The summed E-state index contributed by atoms with van der Waals surface area (Å²) in [4.78, 5) is 12.0. The van der Waals surface area contributed by atoms with Crippen LogP contribution >= 0.6 is 12.4 Å². The van der Waals surface area contributed by atoms with Crippen molar-refractivity contribution in [2.45, 2.75) is 19.8 Å². The van der Waals surface area contributed by atoms with Crippen LogP contribution in [0.25, 0.3) is 0 Å². The van der Waals surface area contributed by atoms with Crippen LogP contribution in [0, 0.1) is 0 Å². The third-order valence-electron chi connectivity index (χ3n) is 2.91. The second-order valence-electron chi connectivity index (χ2n) is 5.02. The number of rotatable bonds is 5. The third kappa shape index (κ3) is 4.79. The maximum Gasteiger partial charge on any atom is 0.243 e.